The van der Waals surface area contributed by atoms with Gasteiger partial charge in [0.15, 0.2) is 23.2 Å². The summed E-state index contributed by atoms with van der Waals surface area (Å²) in [6.07, 6.45) is 0. The Kier molecular flexibility index (Phi) is 4.57. The molecule has 0 saturated heterocycles. The van der Waals surface area contributed by atoms with Crippen LogP contribution < -0.4 is 14.8 Å². The van der Waals surface area contributed by atoms with E-state index in [0.29, 0.717) is 16.6 Å². The fraction of sp³-hybridized carbons (Fsp3) is 0.286. The van der Waals surface area contributed by atoms with E-state index in [0.717, 1.165) is 11.3 Å². The van der Waals surface area contributed by atoms with Gasteiger partial charge in [-0.2, -0.15) is 0 Å². The lowest BCUT2D eigenvalue weighted by Gasteiger charge is -2.10. The fourth-order valence-corrected chi connectivity index (χ4v) is 2.31. The Morgan fingerprint density at radius 2 is 2.15 bits per heavy atom. The summed E-state index contributed by atoms with van der Waals surface area (Å²) in [4.78, 5) is 15.9. The highest BCUT2D eigenvalue weighted by Crippen LogP contribution is 2.27. The topological polar surface area (TPSA) is 60.5 Å². The molecule has 5 nitrogen and oxygen atoms in total. The van der Waals surface area contributed by atoms with Gasteiger partial charge in [0.25, 0.3) is 5.91 Å². The van der Waals surface area contributed by atoms with Gasteiger partial charge in [-0.15, -0.1) is 11.3 Å². The number of aromatic nitrogens is 1. The number of hydrogen-bond donors (Lipinski definition) is 1. The lowest BCUT2D eigenvalue weighted by Crippen LogP contribution is -2.20. The Morgan fingerprint density at radius 1 is 1.35 bits per heavy atom. The van der Waals surface area contributed by atoms with Crippen LogP contribution in [0, 0.1) is 13.8 Å². The van der Waals surface area contributed by atoms with E-state index in [-0.39, 0.29) is 12.5 Å². The minimum atomic E-state index is -0.248. The molecule has 2 rings (SSSR count). The molecule has 0 atom stereocenters. The highest BCUT2D eigenvalue weighted by Gasteiger charge is 2.09. The minimum absolute atomic E-state index is 0.0853. The third-order valence-corrected chi connectivity index (χ3v) is 3.42. The number of amides is 1. The number of ether oxygens (including phenoxy) is 2. The first-order valence-corrected chi connectivity index (χ1v) is 6.96. The van der Waals surface area contributed by atoms with Gasteiger partial charge in [0.2, 0.25) is 0 Å². The summed E-state index contributed by atoms with van der Waals surface area (Å²) in [5.41, 5.74) is 1.95. The highest BCUT2D eigenvalue weighted by atomic mass is 32.1. The van der Waals surface area contributed by atoms with Crippen LogP contribution in [0.2, 0.25) is 0 Å². The predicted molar refractivity (Wildman–Crippen MR) is 78.7 cm³/mol. The van der Waals surface area contributed by atoms with E-state index in [2.05, 4.69) is 10.3 Å². The largest absolute Gasteiger partial charge is 0.493 e. The van der Waals surface area contributed by atoms with Crippen LogP contribution in [0.15, 0.2) is 23.6 Å². The molecule has 1 N–H and O–H groups in total. The van der Waals surface area contributed by atoms with Crippen molar-refractivity contribution in [1.82, 2.24) is 4.98 Å². The molecule has 0 aliphatic rings. The molecule has 0 aliphatic heterocycles. The van der Waals surface area contributed by atoms with Gasteiger partial charge in [-0.1, -0.05) is 6.07 Å². The average Bonchev–Trinajstić information content (AvgIpc) is 2.82. The Hall–Kier alpha value is -2.08. The van der Waals surface area contributed by atoms with Crippen molar-refractivity contribution in [3.05, 3.63) is 34.8 Å². The molecule has 0 aliphatic carbocycles. The summed E-state index contributed by atoms with van der Waals surface area (Å²) in [6.45, 7) is 3.75. The molecule has 2 aromatic rings. The first kappa shape index (κ1) is 14.3. The van der Waals surface area contributed by atoms with Crippen LogP contribution in [0.5, 0.6) is 11.5 Å². The van der Waals surface area contributed by atoms with E-state index < -0.39 is 0 Å². The Morgan fingerprint density at radius 3 is 2.80 bits per heavy atom. The van der Waals surface area contributed by atoms with Crippen LogP contribution >= 0.6 is 11.3 Å². The molecule has 0 bridgehead atoms. The smallest absolute Gasteiger partial charge is 0.264 e. The number of hydrogen-bond acceptors (Lipinski definition) is 5. The normalized spacial score (nSPS) is 10.2. The summed E-state index contributed by atoms with van der Waals surface area (Å²) < 4.78 is 10.7. The van der Waals surface area contributed by atoms with Crippen molar-refractivity contribution in [3.8, 4) is 11.5 Å². The molecule has 106 valence electrons. The number of methoxy groups -OCH3 is 1. The third-order valence-electron chi connectivity index (χ3n) is 2.54. The second-order valence-corrected chi connectivity index (χ2v) is 5.14. The average molecular weight is 292 g/mol. The fourth-order valence-electron chi connectivity index (χ4n) is 1.60. The molecule has 0 fully saturated rings. The van der Waals surface area contributed by atoms with Crippen molar-refractivity contribution in [2.24, 2.45) is 0 Å². The molecule has 1 aromatic carbocycles. The van der Waals surface area contributed by atoms with Crippen molar-refractivity contribution in [1.29, 1.82) is 0 Å². The van der Waals surface area contributed by atoms with Crippen LogP contribution in [0.25, 0.3) is 0 Å². The zero-order chi connectivity index (χ0) is 14.5. The quantitative estimate of drug-likeness (QED) is 0.920. The predicted octanol–water partition coefficient (Wildman–Crippen LogP) is 2.79. The maximum Gasteiger partial charge on any atom is 0.264 e. The summed E-state index contributed by atoms with van der Waals surface area (Å²) in [6, 6.07) is 5.55. The maximum absolute atomic E-state index is 11.8. The van der Waals surface area contributed by atoms with Gasteiger partial charge < -0.3 is 9.47 Å². The number of carbonyl (C=O) groups excluding carboxylic acids is 1. The Labute approximate surface area is 121 Å². The number of nitrogens with zero attached hydrogens (tertiary/aromatic N) is 1. The lowest BCUT2D eigenvalue weighted by atomic mass is 10.2. The van der Waals surface area contributed by atoms with E-state index >= 15 is 0 Å². The van der Waals surface area contributed by atoms with Gasteiger partial charge in [0.05, 0.1) is 12.8 Å². The van der Waals surface area contributed by atoms with E-state index in [1.165, 1.54) is 11.3 Å². The number of rotatable bonds is 5. The molecule has 20 heavy (non-hydrogen) atoms. The number of anilines is 1. The third kappa shape index (κ3) is 3.71. The van der Waals surface area contributed by atoms with Crippen molar-refractivity contribution in [3.63, 3.8) is 0 Å². The van der Waals surface area contributed by atoms with Gasteiger partial charge in [-0.25, -0.2) is 4.98 Å². The molecular formula is C14H16N2O3S. The van der Waals surface area contributed by atoms with Crippen molar-refractivity contribution >= 4 is 22.4 Å². The van der Waals surface area contributed by atoms with Gasteiger partial charge >= 0.3 is 0 Å². The number of aryl methyl sites for hydroxylation is 2. The van der Waals surface area contributed by atoms with Crippen molar-refractivity contribution in [2.45, 2.75) is 13.8 Å². The Bertz CT molecular complexity index is 610. The SMILES string of the molecule is COc1cc(C)ccc1OCC(=O)Nc1nc(C)cs1. The van der Waals surface area contributed by atoms with Crippen LogP contribution in [0.3, 0.4) is 0 Å². The molecule has 0 radical (unpaired) electrons. The summed E-state index contributed by atoms with van der Waals surface area (Å²) in [7, 11) is 1.57. The second kappa shape index (κ2) is 6.38. The van der Waals surface area contributed by atoms with Gasteiger partial charge in [-0.05, 0) is 31.5 Å². The zero-order valence-corrected chi connectivity index (χ0v) is 12.4. The summed E-state index contributed by atoms with van der Waals surface area (Å²) in [5.74, 6) is 0.911. The Balaban J connectivity index is 1.93. The molecule has 0 spiro atoms. The first-order chi connectivity index (χ1) is 9.58. The number of carbonyl (C=O) groups is 1. The van der Waals surface area contributed by atoms with E-state index in [4.69, 9.17) is 9.47 Å². The van der Waals surface area contributed by atoms with Gasteiger partial charge in [0, 0.05) is 5.38 Å². The standard InChI is InChI=1S/C14H16N2O3S/c1-9-4-5-11(12(6-9)18-3)19-7-13(17)16-14-15-10(2)8-20-14/h4-6,8H,7H2,1-3H3,(H,15,16,17). The van der Waals surface area contributed by atoms with Crippen LogP contribution in [-0.2, 0) is 4.79 Å². The van der Waals surface area contributed by atoms with E-state index in [9.17, 15) is 4.79 Å². The molecular weight excluding hydrogens is 276 g/mol. The molecule has 1 amide bonds. The zero-order valence-electron chi connectivity index (χ0n) is 11.6. The van der Waals surface area contributed by atoms with Crippen LogP contribution in [0.1, 0.15) is 11.3 Å². The highest BCUT2D eigenvalue weighted by molar-refractivity contribution is 7.13. The van der Waals surface area contributed by atoms with Crippen LogP contribution in [-0.4, -0.2) is 24.6 Å². The number of nitrogens with one attached hydrogen (secondary N) is 1. The lowest BCUT2D eigenvalue weighted by molar-refractivity contribution is -0.118. The van der Waals surface area contributed by atoms with E-state index in [1.807, 2.05) is 31.4 Å². The van der Waals surface area contributed by atoms with E-state index in [1.54, 1.807) is 13.2 Å². The molecule has 0 saturated carbocycles. The maximum atomic E-state index is 11.8. The van der Waals surface area contributed by atoms with Crippen molar-refractivity contribution in [2.75, 3.05) is 19.0 Å². The number of benzene rings is 1. The number of thiazole rings is 1. The monoisotopic (exact) mass is 292 g/mol. The first-order valence-electron chi connectivity index (χ1n) is 6.08. The molecule has 1 aromatic heterocycles. The summed E-state index contributed by atoms with van der Waals surface area (Å²) in [5, 5.41) is 5.13. The minimum Gasteiger partial charge on any atom is -0.493 e. The van der Waals surface area contributed by atoms with Gasteiger partial charge in [-0.3, -0.25) is 10.1 Å². The second-order valence-electron chi connectivity index (χ2n) is 4.29. The van der Waals surface area contributed by atoms with Crippen molar-refractivity contribution < 1.29 is 14.3 Å². The molecule has 1 heterocycles. The van der Waals surface area contributed by atoms with Gasteiger partial charge in [0.1, 0.15) is 0 Å². The molecule has 6 heteroatoms. The van der Waals surface area contributed by atoms with Crippen LogP contribution in [0.4, 0.5) is 5.13 Å². The summed E-state index contributed by atoms with van der Waals surface area (Å²) >= 11 is 1.39. The molecule has 0 unspecified atom stereocenters.